The molecule has 0 aromatic heterocycles. The van der Waals surface area contributed by atoms with Crippen molar-refractivity contribution in [2.24, 2.45) is 5.92 Å². The quantitative estimate of drug-likeness (QED) is 0.640. The molecule has 7 nitrogen and oxygen atoms in total. The van der Waals surface area contributed by atoms with Crippen molar-refractivity contribution in [2.45, 2.75) is 32.7 Å². The Kier molecular flexibility index (Phi) is 6.57. The van der Waals surface area contributed by atoms with Gasteiger partial charge < -0.3 is 25.0 Å². The molecule has 3 N–H and O–H groups in total. The van der Waals surface area contributed by atoms with Crippen molar-refractivity contribution in [1.82, 2.24) is 10.6 Å². The zero-order chi connectivity index (χ0) is 20.1. The normalized spacial score (nSPS) is 25.0. The summed E-state index contributed by atoms with van der Waals surface area (Å²) in [5, 5.41) is 5.74. The zero-order valence-corrected chi connectivity index (χ0v) is 16.8. The van der Waals surface area contributed by atoms with Gasteiger partial charge in [-0.3, -0.25) is 0 Å². The number of piperidine rings is 1. The molecule has 0 aliphatic carbocycles. The lowest BCUT2D eigenvalue weighted by atomic mass is 9.94. The van der Waals surface area contributed by atoms with E-state index < -0.39 is 12.0 Å². The van der Waals surface area contributed by atoms with Gasteiger partial charge in [-0.25, -0.2) is 9.59 Å². The molecule has 2 heterocycles. The molecular formula is C21H30N3O4+. The number of esters is 1. The molecule has 1 aromatic rings. The summed E-state index contributed by atoms with van der Waals surface area (Å²) in [5.74, 6) is 1.06. The Morgan fingerprint density at radius 2 is 1.89 bits per heavy atom. The minimum absolute atomic E-state index is 0.285. The van der Waals surface area contributed by atoms with Gasteiger partial charge in [-0.05, 0) is 43.4 Å². The highest BCUT2D eigenvalue weighted by molar-refractivity contribution is 5.95. The van der Waals surface area contributed by atoms with E-state index in [2.05, 4.69) is 17.6 Å². The summed E-state index contributed by atoms with van der Waals surface area (Å²) in [4.78, 5) is 26.5. The number of rotatable bonds is 6. The molecule has 2 aliphatic rings. The molecular weight excluding hydrogens is 358 g/mol. The number of hydrogen-bond donors (Lipinski definition) is 3. The van der Waals surface area contributed by atoms with Crippen molar-refractivity contribution in [3.8, 4) is 5.75 Å². The van der Waals surface area contributed by atoms with E-state index in [1.54, 1.807) is 14.0 Å². The third kappa shape index (κ3) is 4.65. The van der Waals surface area contributed by atoms with Crippen LogP contribution in [0.3, 0.4) is 0 Å². The lowest BCUT2D eigenvalue weighted by molar-refractivity contribution is -0.901. The van der Waals surface area contributed by atoms with Crippen molar-refractivity contribution in [3.05, 3.63) is 41.1 Å². The second kappa shape index (κ2) is 9.10. The van der Waals surface area contributed by atoms with Crippen LogP contribution in [-0.2, 0) is 9.53 Å². The van der Waals surface area contributed by atoms with Crippen molar-refractivity contribution >= 4 is 12.0 Å². The largest absolute Gasteiger partial charge is 0.497 e. The van der Waals surface area contributed by atoms with Crippen LogP contribution in [0.5, 0.6) is 5.75 Å². The number of likely N-dealkylation sites (tertiary alicyclic amines) is 1. The molecule has 1 saturated heterocycles. The molecule has 1 fully saturated rings. The fourth-order valence-corrected chi connectivity index (χ4v) is 3.85. The molecule has 2 amide bonds. The van der Waals surface area contributed by atoms with Crippen molar-refractivity contribution < 1.29 is 24.0 Å². The molecule has 0 saturated carbocycles. The number of nitrogens with one attached hydrogen (secondary N) is 3. The lowest BCUT2D eigenvalue weighted by Crippen LogP contribution is -3.13. The van der Waals surface area contributed by atoms with E-state index in [-0.39, 0.29) is 12.6 Å². The number of hydrogen-bond acceptors (Lipinski definition) is 4. The fraction of sp³-hybridized carbons (Fsp3) is 0.524. The summed E-state index contributed by atoms with van der Waals surface area (Å²) >= 11 is 0. The topological polar surface area (TPSA) is 81.1 Å². The first-order valence-corrected chi connectivity index (χ1v) is 9.97. The molecule has 1 aromatic carbocycles. The van der Waals surface area contributed by atoms with E-state index in [0.717, 1.165) is 43.2 Å². The van der Waals surface area contributed by atoms with Crippen LogP contribution < -0.4 is 20.3 Å². The van der Waals surface area contributed by atoms with Crippen molar-refractivity contribution in [3.63, 3.8) is 0 Å². The number of amides is 2. The molecule has 0 spiro atoms. The van der Waals surface area contributed by atoms with Gasteiger partial charge in [-0.1, -0.05) is 19.1 Å². The monoisotopic (exact) mass is 388 g/mol. The number of carbonyl (C=O) groups excluding carboxylic acids is 2. The maximum atomic E-state index is 12.8. The van der Waals surface area contributed by atoms with Gasteiger partial charge in [0.15, 0.2) is 0 Å². The van der Waals surface area contributed by atoms with E-state index in [1.807, 2.05) is 24.3 Å². The van der Waals surface area contributed by atoms with E-state index in [4.69, 9.17) is 9.47 Å². The van der Waals surface area contributed by atoms with Gasteiger partial charge in [0.1, 0.15) is 12.3 Å². The standard InChI is InChI=1S/C21H29N3O4/c1-4-28-20(25)18-17(13-24-11-9-14(2)10-12-24)22-21(26)23-19(18)15-5-7-16(27-3)8-6-15/h5-8,14,19H,4,9-13H2,1-3H3,(H2,22,23,26)/p+1/t19-/m0/s1. The summed E-state index contributed by atoms with van der Waals surface area (Å²) in [6, 6.07) is 6.53. The first kappa shape index (κ1) is 20.2. The number of carbonyl (C=O) groups is 2. The number of urea groups is 1. The smallest absolute Gasteiger partial charge is 0.338 e. The van der Waals surface area contributed by atoms with Gasteiger partial charge in [0.25, 0.3) is 0 Å². The van der Waals surface area contributed by atoms with Crippen molar-refractivity contribution in [2.75, 3.05) is 33.4 Å². The Bertz CT molecular complexity index is 737. The molecule has 0 radical (unpaired) electrons. The van der Waals surface area contributed by atoms with Crippen LogP contribution in [-0.4, -0.2) is 45.4 Å². The molecule has 0 bridgehead atoms. The van der Waals surface area contributed by atoms with Crippen LogP contribution in [0, 0.1) is 5.92 Å². The summed E-state index contributed by atoms with van der Waals surface area (Å²) < 4.78 is 10.5. The van der Waals surface area contributed by atoms with Crippen LogP contribution >= 0.6 is 0 Å². The SMILES string of the molecule is CCOC(=O)C1=C(C[NH+]2CCC(C)CC2)NC(=O)N[C@H]1c1ccc(OC)cc1. The van der Waals surface area contributed by atoms with Gasteiger partial charge in [-0.15, -0.1) is 0 Å². The highest BCUT2D eigenvalue weighted by Crippen LogP contribution is 2.28. The third-order valence-corrected chi connectivity index (χ3v) is 5.51. The third-order valence-electron chi connectivity index (χ3n) is 5.51. The lowest BCUT2D eigenvalue weighted by Gasteiger charge is -2.33. The van der Waals surface area contributed by atoms with E-state index in [9.17, 15) is 9.59 Å². The molecule has 0 unspecified atom stereocenters. The average Bonchev–Trinajstić information content (AvgIpc) is 2.69. The van der Waals surface area contributed by atoms with Crippen LogP contribution in [0.2, 0.25) is 0 Å². The highest BCUT2D eigenvalue weighted by atomic mass is 16.5. The van der Waals surface area contributed by atoms with Crippen LogP contribution in [0.1, 0.15) is 38.3 Å². The second-order valence-electron chi connectivity index (χ2n) is 7.53. The average molecular weight is 388 g/mol. The summed E-state index contributed by atoms with van der Waals surface area (Å²) in [6.07, 6.45) is 2.32. The van der Waals surface area contributed by atoms with E-state index in [1.165, 1.54) is 4.90 Å². The molecule has 7 heteroatoms. The Labute approximate surface area is 166 Å². The molecule has 2 aliphatic heterocycles. The number of quaternary nitrogens is 1. The molecule has 28 heavy (non-hydrogen) atoms. The van der Waals surface area contributed by atoms with Crippen LogP contribution in [0.4, 0.5) is 4.79 Å². The first-order chi connectivity index (χ1) is 13.5. The molecule has 3 rings (SSSR count). The minimum atomic E-state index is -0.545. The van der Waals surface area contributed by atoms with Gasteiger partial charge in [0.05, 0.1) is 44.1 Å². The van der Waals surface area contributed by atoms with E-state index in [0.29, 0.717) is 17.8 Å². The van der Waals surface area contributed by atoms with Gasteiger partial charge in [0, 0.05) is 0 Å². The Morgan fingerprint density at radius 3 is 2.50 bits per heavy atom. The Morgan fingerprint density at radius 1 is 1.21 bits per heavy atom. The van der Waals surface area contributed by atoms with Crippen LogP contribution in [0.15, 0.2) is 35.5 Å². The molecule has 152 valence electrons. The van der Waals surface area contributed by atoms with Gasteiger partial charge >= 0.3 is 12.0 Å². The Balaban J connectivity index is 1.93. The maximum Gasteiger partial charge on any atom is 0.338 e. The predicted molar refractivity (Wildman–Crippen MR) is 105 cm³/mol. The zero-order valence-electron chi connectivity index (χ0n) is 16.8. The maximum absolute atomic E-state index is 12.8. The number of benzene rings is 1. The molecule has 1 atom stereocenters. The summed E-state index contributed by atoms with van der Waals surface area (Å²) in [6.45, 7) is 7.03. The second-order valence-corrected chi connectivity index (χ2v) is 7.53. The first-order valence-electron chi connectivity index (χ1n) is 9.97. The summed E-state index contributed by atoms with van der Waals surface area (Å²) in [7, 11) is 1.60. The predicted octanol–water partition coefficient (Wildman–Crippen LogP) is 1.18. The number of ether oxygens (including phenoxy) is 2. The van der Waals surface area contributed by atoms with Crippen molar-refractivity contribution in [1.29, 1.82) is 0 Å². The van der Waals surface area contributed by atoms with Gasteiger partial charge in [-0.2, -0.15) is 0 Å². The summed E-state index contributed by atoms with van der Waals surface area (Å²) in [5.41, 5.74) is 1.96. The van der Waals surface area contributed by atoms with E-state index >= 15 is 0 Å². The van der Waals surface area contributed by atoms with Gasteiger partial charge in [0.2, 0.25) is 0 Å². The minimum Gasteiger partial charge on any atom is -0.497 e. The highest BCUT2D eigenvalue weighted by Gasteiger charge is 2.35. The number of methoxy groups -OCH3 is 1. The van der Waals surface area contributed by atoms with Crippen LogP contribution in [0.25, 0.3) is 0 Å². The Hall–Kier alpha value is -2.54. The fourth-order valence-electron chi connectivity index (χ4n) is 3.85.